The van der Waals surface area contributed by atoms with E-state index in [1.807, 2.05) is 0 Å². The smallest absolute Gasteiger partial charge is 0.0482 e. The minimum absolute atomic E-state index is 0.192. The van der Waals surface area contributed by atoms with Gasteiger partial charge in [0.1, 0.15) is 0 Å². The van der Waals surface area contributed by atoms with E-state index >= 15 is 0 Å². The summed E-state index contributed by atoms with van der Waals surface area (Å²) in [6.45, 7) is 9.63. The van der Waals surface area contributed by atoms with Crippen molar-refractivity contribution in [2.45, 2.75) is 45.4 Å². The van der Waals surface area contributed by atoms with Gasteiger partial charge in [-0.05, 0) is 48.1 Å². The van der Waals surface area contributed by atoms with Gasteiger partial charge in [-0.1, -0.05) is 63.2 Å². The molecule has 1 aromatic heterocycles. The van der Waals surface area contributed by atoms with Crippen molar-refractivity contribution >= 4 is 10.9 Å². The van der Waals surface area contributed by atoms with E-state index < -0.39 is 0 Å². The van der Waals surface area contributed by atoms with Gasteiger partial charge in [-0.3, -0.25) is 0 Å². The highest BCUT2D eigenvalue weighted by Gasteiger charge is 2.20. The summed E-state index contributed by atoms with van der Waals surface area (Å²) in [5.74, 6) is 0.339. The van der Waals surface area contributed by atoms with Gasteiger partial charge in [0.25, 0.3) is 0 Å². The third-order valence-electron chi connectivity index (χ3n) is 5.44. The lowest BCUT2D eigenvalue weighted by molar-refractivity contribution is 0.589. The first-order valence-corrected chi connectivity index (χ1v) is 9.16. The molecule has 0 aliphatic rings. The predicted octanol–water partition coefficient (Wildman–Crippen LogP) is 5.07. The Hall–Kier alpha value is -2.06. The Balaban J connectivity index is 1.95. The highest BCUT2D eigenvalue weighted by molar-refractivity contribution is 5.86. The summed E-state index contributed by atoms with van der Waals surface area (Å²) in [6, 6.07) is 17.7. The van der Waals surface area contributed by atoms with Gasteiger partial charge in [0.05, 0.1) is 0 Å². The van der Waals surface area contributed by atoms with Gasteiger partial charge in [-0.25, -0.2) is 0 Å². The van der Waals surface area contributed by atoms with Crippen LogP contribution in [0.4, 0.5) is 0 Å². The number of para-hydroxylation sites is 1. The number of fused-ring (bicyclic) bond motifs is 1. The van der Waals surface area contributed by atoms with Crippen molar-refractivity contribution in [2.75, 3.05) is 6.54 Å². The number of hydrogen-bond donors (Lipinski definition) is 1. The Morgan fingerprint density at radius 1 is 1.00 bits per heavy atom. The molecule has 3 rings (SSSR count). The van der Waals surface area contributed by atoms with Crippen LogP contribution in [0.5, 0.6) is 0 Å². The van der Waals surface area contributed by atoms with Gasteiger partial charge in [0.2, 0.25) is 0 Å². The maximum atomic E-state index is 6.21. The number of benzene rings is 2. The van der Waals surface area contributed by atoms with E-state index in [1.54, 1.807) is 0 Å². The minimum atomic E-state index is 0.192. The average molecular weight is 335 g/mol. The topological polar surface area (TPSA) is 30.9 Å². The molecule has 2 aromatic carbocycles. The molecular formula is C23H30N2. The first kappa shape index (κ1) is 17.8. The summed E-state index contributed by atoms with van der Waals surface area (Å²) in [7, 11) is 2.15. The molecule has 0 amide bonds. The van der Waals surface area contributed by atoms with Gasteiger partial charge in [0.15, 0.2) is 0 Å². The second kappa shape index (κ2) is 6.68. The number of hydrogen-bond acceptors (Lipinski definition) is 1. The van der Waals surface area contributed by atoms with Crippen LogP contribution in [0.2, 0.25) is 0 Å². The maximum Gasteiger partial charge on any atom is 0.0482 e. The predicted molar refractivity (Wildman–Crippen MR) is 108 cm³/mol. The van der Waals surface area contributed by atoms with E-state index in [0.29, 0.717) is 12.5 Å². The number of nitrogens with zero attached hydrogens (tertiary/aromatic N) is 1. The molecule has 0 bridgehead atoms. The van der Waals surface area contributed by atoms with Crippen molar-refractivity contribution < 1.29 is 0 Å². The van der Waals surface area contributed by atoms with Gasteiger partial charge < -0.3 is 10.3 Å². The van der Waals surface area contributed by atoms with E-state index in [1.165, 1.54) is 33.3 Å². The van der Waals surface area contributed by atoms with Crippen LogP contribution in [-0.2, 0) is 18.9 Å². The third-order valence-corrected chi connectivity index (χ3v) is 5.44. The molecule has 1 heterocycles. The number of aryl methyl sites for hydroxylation is 1. The number of aromatic nitrogens is 1. The molecule has 25 heavy (non-hydrogen) atoms. The first-order chi connectivity index (χ1) is 11.8. The Labute approximate surface area is 151 Å². The fourth-order valence-corrected chi connectivity index (χ4v) is 3.79. The lowest BCUT2D eigenvalue weighted by Gasteiger charge is -2.20. The molecule has 2 heteroatoms. The van der Waals surface area contributed by atoms with Crippen molar-refractivity contribution in [2.24, 2.45) is 12.8 Å². The summed E-state index contributed by atoms with van der Waals surface area (Å²) in [5, 5.41) is 1.34. The minimum Gasteiger partial charge on any atom is -0.348 e. The third kappa shape index (κ3) is 3.36. The van der Waals surface area contributed by atoms with Crippen LogP contribution in [0.1, 0.15) is 49.1 Å². The lowest BCUT2D eigenvalue weighted by Crippen LogP contribution is -2.16. The summed E-state index contributed by atoms with van der Waals surface area (Å²) in [6.07, 6.45) is 0.982. The molecule has 0 radical (unpaired) electrons. The molecule has 1 atom stereocenters. The fraction of sp³-hybridized carbons (Fsp3) is 0.391. The molecule has 0 aliphatic heterocycles. The molecule has 1 unspecified atom stereocenters. The first-order valence-electron chi connectivity index (χ1n) is 9.16. The molecule has 2 nitrogen and oxygen atoms in total. The zero-order valence-corrected chi connectivity index (χ0v) is 16.1. The Morgan fingerprint density at radius 2 is 1.64 bits per heavy atom. The zero-order chi connectivity index (χ0) is 18.2. The summed E-state index contributed by atoms with van der Waals surface area (Å²) in [5.41, 5.74) is 13.2. The van der Waals surface area contributed by atoms with Crippen LogP contribution in [0.15, 0.2) is 48.5 Å². The van der Waals surface area contributed by atoms with Crippen LogP contribution in [-0.4, -0.2) is 11.1 Å². The van der Waals surface area contributed by atoms with E-state index in [2.05, 4.69) is 87.8 Å². The molecule has 0 aliphatic carbocycles. The van der Waals surface area contributed by atoms with Gasteiger partial charge in [-0.2, -0.15) is 0 Å². The summed E-state index contributed by atoms with van der Waals surface area (Å²) in [4.78, 5) is 0. The number of rotatable bonds is 4. The van der Waals surface area contributed by atoms with Crippen molar-refractivity contribution in [1.29, 1.82) is 0 Å². The van der Waals surface area contributed by atoms with E-state index in [-0.39, 0.29) is 5.41 Å². The monoisotopic (exact) mass is 334 g/mol. The Morgan fingerprint density at radius 3 is 2.24 bits per heavy atom. The second-order valence-corrected chi connectivity index (χ2v) is 8.16. The average Bonchev–Trinajstić information content (AvgIpc) is 2.84. The zero-order valence-electron chi connectivity index (χ0n) is 16.1. The van der Waals surface area contributed by atoms with Crippen LogP contribution in [0, 0.1) is 6.92 Å². The normalized spacial score (nSPS) is 13.4. The number of nitrogens with two attached hydrogens (primary N) is 1. The molecule has 0 fully saturated rings. The van der Waals surface area contributed by atoms with Crippen LogP contribution in [0.3, 0.4) is 0 Å². The second-order valence-electron chi connectivity index (χ2n) is 8.16. The quantitative estimate of drug-likeness (QED) is 0.709. The van der Waals surface area contributed by atoms with E-state index in [4.69, 9.17) is 5.73 Å². The SMILES string of the molecule is Cc1c(C(CN)Cc2ccc(C(C)(C)C)cc2)c2ccccc2n1C. The Bertz CT molecular complexity index is 863. The molecular weight excluding hydrogens is 304 g/mol. The van der Waals surface area contributed by atoms with Crippen LogP contribution >= 0.6 is 0 Å². The molecule has 2 N–H and O–H groups in total. The maximum absolute atomic E-state index is 6.21. The van der Waals surface area contributed by atoms with Crippen molar-refractivity contribution in [3.8, 4) is 0 Å². The van der Waals surface area contributed by atoms with Gasteiger partial charge >= 0.3 is 0 Å². The van der Waals surface area contributed by atoms with Crippen molar-refractivity contribution in [1.82, 2.24) is 4.57 Å². The van der Waals surface area contributed by atoms with Crippen LogP contribution in [0.25, 0.3) is 10.9 Å². The standard InChI is InChI=1S/C23H30N2/c1-16-22(20-8-6-7-9-21(20)25(16)5)18(15-24)14-17-10-12-19(13-11-17)23(2,3)4/h6-13,18H,14-15,24H2,1-5H3. The lowest BCUT2D eigenvalue weighted by atomic mass is 9.85. The van der Waals surface area contributed by atoms with Crippen LogP contribution < -0.4 is 5.73 Å². The fourth-order valence-electron chi connectivity index (χ4n) is 3.79. The molecule has 3 aromatic rings. The largest absolute Gasteiger partial charge is 0.348 e. The van der Waals surface area contributed by atoms with Gasteiger partial charge in [0, 0.05) is 29.6 Å². The Kier molecular flexibility index (Phi) is 4.75. The van der Waals surface area contributed by atoms with Crippen molar-refractivity contribution in [3.63, 3.8) is 0 Å². The molecule has 0 saturated heterocycles. The molecule has 0 spiro atoms. The molecule has 132 valence electrons. The summed E-state index contributed by atoms with van der Waals surface area (Å²) >= 11 is 0. The highest BCUT2D eigenvalue weighted by Crippen LogP contribution is 2.33. The van der Waals surface area contributed by atoms with Crippen molar-refractivity contribution in [3.05, 3.63) is 70.9 Å². The summed E-state index contributed by atoms with van der Waals surface area (Å²) < 4.78 is 2.29. The highest BCUT2D eigenvalue weighted by atomic mass is 14.9. The van der Waals surface area contributed by atoms with E-state index in [9.17, 15) is 0 Å². The van der Waals surface area contributed by atoms with Gasteiger partial charge in [-0.15, -0.1) is 0 Å². The molecule has 0 saturated carbocycles. The van der Waals surface area contributed by atoms with E-state index in [0.717, 1.165) is 6.42 Å².